The van der Waals surface area contributed by atoms with Crippen LogP contribution in [0.5, 0.6) is 5.75 Å². The summed E-state index contributed by atoms with van der Waals surface area (Å²) in [6, 6.07) is 16.3. The second kappa shape index (κ2) is 12.4. The lowest BCUT2D eigenvalue weighted by atomic mass is 10.0. The van der Waals surface area contributed by atoms with Crippen LogP contribution in [0.4, 0.5) is 0 Å². The van der Waals surface area contributed by atoms with Gasteiger partial charge in [0.15, 0.2) is 0 Å². The zero-order chi connectivity index (χ0) is 31.0. The second-order valence-corrected chi connectivity index (χ2v) is 12.3. The van der Waals surface area contributed by atoms with Gasteiger partial charge in [-0.2, -0.15) is 5.26 Å². The highest BCUT2D eigenvalue weighted by molar-refractivity contribution is 7.13. The van der Waals surface area contributed by atoms with E-state index in [1.165, 1.54) is 15.9 Å². The Morgan fingerprint density at radius 2 is 2.02 bits per heavy atom. The summed E-state index contributed by atoms with van der Waals surface area (Å²) in [6.45, 7) is 8.00. The molecule has 9 nitrogen and oxygen atoms in total. The lowest BCUT2D eigenvalue weighted by Crippen LogP contribution is -2.55. The summed E-state index contributed by atoms with van der Waals surface area (Å²) in [5, 5.41) is 14.0. The molecule has 224 valence electrons. The van der Waals surface area contributed by atoms with E-state index in [-0.39, 0.29) is 17.5 Å². The minimum Gasteiger partial charge on any atom is -0.492 e. The van der Waals surface area contributed by atoms with E-state index in [1.807, 2.05) is 49.3 Å². The maximum absolute atomic E-state index is 14.6. The van der Waals surface area contributed by atoms with Crippen molar-refractivity contribution in [3.8, 4) is 39.3 Å². The zero-order valence-electron chi connectivity index (χ0n) is 24.6. The Kier molecular flexibility index (Phi) is 8.38. The van der Waals surface area contributed by atoms with Gasteiger partial charge in [0.2, 0.25) is 0 Å². The van der Waals surface area contributed by atoms with E-state index in [4.69, 9.17) is 21.3 Å². The smallest absolute Gasteiger partial charge is 0.266 e. The molecule has 1 amide bonds. The van der Waals surface area contributed by atoms with Crippen molar-refractivity contribution < 1.29 is 9.53 Å². The van der Waals surface area contributed by atoms with Gasteiger partial charge in [0.05, 0.1) is 53.1 Å². The Morgan fingerprint density at radius 3 is 2.73 bits per heavy atom. The fourth-order valence-electron chi connectivity index (χ4n) is 5.59. The molecule has 2 atom stereocenters. The second-order valence-electron chi connectivity index (χ2n) is 11.0. The zero-order valence-corrected chi connectivity index (χ0v) is 26.2. The Morgan fingerprint density at radius 1 is 1.23 bits per heavy atom. The highest BCUT2D eigenvalue weighted by Gasteiger charge is 2.35. The summed E-state index contributed by atoms with van der Waals surface area (Å²) in [6.07, 6.45) is 2.82. The predicted octanol–water partition coefficient (Wildman–Crippen LogP) is 5.97. The number of thiazole rings is 1. The van der Waals surface area contributed by atoms with E-state index in [0.717, 1.165) is 24.1 Å². The normalized spacial score (nSPS) is 17.3. The molecule has 0 radical (unpaired) electrons. The summed E-state index contributed by atoms with van der Waals surface area (Å²) in [5.41, 5.74) is 7.63. The van der Waals surface area contributed by atoms with Crippen molar-refractivity contribution in [1.29, 1.82) is 5.26 Å². The van der Waals surface area contributed by atoms with E-state index < -0.39 is 0 Å². The number of halogens is 1. The number of benzene rings is 2. The van der Waals surface area contributed by atoms with Gasteiger partial charge in [-0.05, 0) is 69.7 Å². The molecule has 44 heavy (non-hydrogen) atoms. The minimum absolute atomic E-state index is 0.172. The average molecular weight is 627 g/mol. The molecule has 0 spiro atoms. The number of nitrogens with one attached hydrogen (secondary N) is 1. The van der Waals surface area contributed by atoms with Crippen LogP contribution in [-0.4, -0.2) is 57.8 Å². The number of ether oxygens (including phenoxy) is 1. The highest BCUT2D eigenvalue weighted by atomic mass is 35.5. The van der Waals surface area contributed by atoms with Crippen LogP contribution in [0.1, 0.15) is 48.8 Å². The van der Waals surface area contributed by atoms with Crippen molar-refractivity contribution in [1.82, 2.24) is 24.9 Å². The number of fused-ring (bicyclic) bond motifs is 2. The van der Waals surface area contributed by atoms with Crippen molar-refractivity contribution in [2.75, 3.05) is 26.4 Å². The van der Waals surface area contributed by atoms with Gasteiger partial charge in [-0.25, -0.2) is 15.4 Å². The van der Waals surface area contributed by atoms with Gasteiger partial charge in [0.1, 0.15) is 10.8 Å². The van der Waals surface area contributed by atoms with Crippen molar-refractivity contribution in [3.63, 3.8) is 0 Å². The van der Waals surface area contributed by atoms with Crippen LogP contribution in [0.3, 0.4) is 0 Å². The number of hydrogen-bond acceptors (Lipinski definition) is 8. The number of nitriles is 1. The SMILES string of the molecule is CCOc1ccc(Cl)cc1-n1c(C=C(C)C)c(C(=O)N2CC3CCN(C2)N3)cc(-c2nc(-c3ccc(C#N)cc3)cs2)c1=O. The molecule has 2 aromatic carbocycles. The van der Waals surface area contributed by atoms with Gasteiger partial charge in [-0.15, -0.1) is 11.3 Å². The molecule has 2 aliphatic rings. The highest BCUT2D eigenvalue weighted by Crippen LogP contribution is 2.33. The largest absolute Gasteiger partial charge is 0.492 e. The quantitative estimate of drug-likeness (QED) is 0.270. The first kappa shape index (κ1) is 29.8. The number of hydrogen-bond donors (Lipinski definition) is 1. The van der Waals surface area contributed by atoms with E-state index >= 15 is 0 Å². The third kappa shape index (κ3) is 5.79. The molecule has 1 N–H and O–H groups in total. The first-order valence-electron chi connectivity index (χ1n) is 14.4. The number of amides is 1. The van der Waals surface area contributed by atoms with Crippen LogP contribution < -0.4 is 15.7 Å². The summed E-state index contributed by atoms with van der Waals surface area (Å²) in [5.74, 6) is 0.302. The molecule has 0 saturated carbocycles. The number of carbonyl (C=O) groups is 1. The molecule has 2 saturated heterocycles. The van der Waals surface area contributed by atoms with Crippen LogP contribution in [0.25, 0.3) is 33.6 Å². The van der Waals surface area contributed by atoms with Gasteiger partial charge in [0.25, 0.3) is 11.5 Å². The van der Waals surface area contributed by atoms with E-state index in [9.17, 15) is 14.9 Å². The van der Waals surface area contributed by atoms with Gasteiger partial charge in [-0.3, -0.25) is 14.2 Å². The van der Waals surface area contributed by atoms with Crippen molar-refractivity contribution in [3.05, 3.63) is 91.7 Å². The van der Waals surface area contributed by atoms with Crippen molar-refractivity contribution >= 4 is 34.9 Å². The van der Waals surface area contributed by atoms with E-state index in [2.05, 4.69) is 16.5 Å². The van der Waals surface area contributed by atoms with Gasteiger partial charge in [-0.1, -0.05) is 29.3 Å². The fourth-order valence-corrected chi connectivity index (χ4v) is 6.59. The Bertz CT molecular complexity index is 1860. The number of rotatable bonds is 7. The topological polar surface area (TPSA) is 103 Å². The summed E-state index contributed by atoms with van der Waals surface area (Å²) in [7, 11) is 0. The standard InChI is InChI=1S/C33H31ClN6O3S/c1-4-43-30-10-9-23(34)14-29(30)40-28(13-20(2)3)25(32(41)38-17-24-11-12-39(19-38)37-24)15-26(33(40)42)31-36-27(18-44-31)22-7-5-21(16-35)6-8-22/h5-10,13-15,18,24,37H,4,11-12,17,19H2,1-3H3. The lowest BCUT2D eigenvalue weighted by molar-refractivity contribution is 0.0409. The first-order valence-corrected chi connectivity index (χ1v) is 15.7. The number of pyridine rings is 1. The molecule has 2 fully saturated rings. The third-order valence-corrected chi connectivity index (χ3v) is 8.69. The maximum Gasteiger partial charge on any atom is 0.266 e. The monoisotopic (exact) mass is 626 g/mol. The van der Waals surface area contributed by atoms with Crippen LogP contribution in [0, 0.1) is 11.3 Å². The van der Waals surface area contributed by atoms with Crippen LogP contribution in [-0.2, 0) is 0 Å². The molecule has 2 aromatic heterocycles. The number of nitrogens with zero attached hydrogens (tertiary/aromatic N) is 5. The molecule has 4 aromatic rings. The van der Waals surface area contributed by atoms with E-state index in [1.54, 1.807) is 36.4 Å². The summed E-state index contributed by atoms with van der Waals surface area (Å²) >= 11 is 7.81. The van der Waals surface area contributed by atoms with Crippen LogP contribution >= 0.6 is 22.9 Å². The minimum atomic E-state index is -0.345. The Balaban J connectivity index is 1.58. The summed E-state index contributed by atoms with van der Waals surface area (Å²) < 4.78 is 7.49. The molecule has 2 bridgehead atoms. The first-order chi connectivity index (χ1) is 21.2. The molecule has 6 rings (SSSR count). The predicted molar refractivity (Wildman–Crippen MR) is 173 cm³/mol. The lowest BCUT2D eigenvalue weighted by Gasteiger charge is -2.35. The van der Waals surface area contributed by atoms with Crippen LogP contribution in [0.2, 0.25) is 5.02 Å². The van der Waals surface area contributed by atoms with Crippen molar-refractivity contribution in [2.24, 2.45) is 0 Å². The Hall–Kier alpha value is -4.27. The molecule has 2 aliphatic heterocycles. The van der Waals surface area contributed by atoms with E-state index in [0.29, 0.717) is 69.4 Å². The van der Waals surface area contributed by atoms with Crippen LogP contribution in [0.15, 0.2) is 64.3 Å². The van der Waals surface area contributed by atoms with Gasteiger partial charge >= 0.3 is 0 Å². The molecular weight excluding hydrogens is 596 g/mol. The van der Waals surface area contributed by atoms with Crippen molar-refractivity contribution in [2.45, 2.75) is 33.2 Å². The summed E-state index contributed by atoms with van der Waals surface area (Å²) in [4.78, 5) is 35.6. The Labute approximate surface area is 264 Å². The molecule has 11 heteroatoms. The number of aromatic nitrogens is 2. The number of hydrazine groups is 1. The third-order valence-electron chi connectivity index (χ3n) is 7.58. The van der Waals surface area contributed by atoms with Gasteiger partial charge < -0.3 is 9.64 Å². The molecule has 2 unspecified atom stereocenters. The number of carbonyl (C=O) groups excluding carboxylic acids is 1. The number of allylic oxidation sites excluding steroid dienone is 1. The van der Waals surface area contributed by atoms with Gasteiger partial charge in [0, 0.05) is 35.1 Å². The fraction of sp³-hybridized carbons (Fsp3) is 0.273. The molecule has 0 aliphatic carbocycles. The average Bonchev–Trinajstić information content (AvgIpc) is 3.64. The maximum atomic E-state index is 14.6. The molecule has 4 heterocycles. The molecular formula is C33H31ClN6O3S.